The zero-order valence-electron chi connectivity index (χ0n) is 11.3. The highest BCUT2D eigenvalue weighted by Crippen LogP contribution is 2.10. The summed E-state index contributed by atoms with van der Waals surface area (Å²) in [4.78, 5) is 27.4. The van der Waals surface area contributed by atoms with Crippen molar-refractivity contribution in [2.45, 2.75) is 26.3 Å². The number of aromatic hydroxyl groups is 1. The average molecular weight is 265 g/mol. The molecule has 104 valence electrons. The maximum atomic E-state index is 12.0. The molecule has 1 aromatic rings. The summed E-state index contributed by atoms with van der Waals surface area (Å²) in [5.74, 6) is -0.495. The SMILES string of the molecule is CNC(=O)C(CC(C)C)NC(=O)c1cncc(O)c1. The van der Waals surface area contributed by atoms with E-state index in [0.29, 0.717) is 6.42 Å². The van der Waals surface area contributed by atoms with Crippen LogP contribution in [-0.4, -0.2) is 35.0 Å². The van der Waals surface area contributed by atoms with Crippen LogP contribution < -0.4 is 10.6 Å². The van der Waals surface area contributed by atoms with Crippen LogP contribution in [0.25, 0.3) is 0 Å². The number of hydrogen-bond donors (Lipinski definition) is 3. The predicted molar refractivity (Wildman–Crippen MR) is 70.7 cm³/mol. The first-order valence-electron chi connectivity index (χ1n) is 6.10. The number of carbonyl (C=O) groups is 2. The molecule has 1 heterocycles. The van der Waals surface area contributed by atoms with Crippen molar-refractivity contribution in [2.75, 3.05) is 7.05 Å². The second-order valence-electron chi connectivity index (χ2n) is 4.70. The number of likely N-dealkylation sites (N-methyl/N-ethyl adjacent to an activating group) is 1. The highest BCUT2D eigenvalue weighted by molar-refractivity contribution is 5.97. The topological polar surface area (TPSA) is 91.3 Å². The van der Waals surface area contributed by atoms with Crippen molar-refractivity contribution in [3.05, 3.63) is 24.0 Å². The van der Waals surface area contributed by atoms with E-state index in [1.165, 1.54) is 25.5 Å². The van der Waals surface area contributed by atoms with Crippen molar-refractivity contribution >= 4 is 11.8 Å². The van der Waals surface area contributed by atoms with Gasteiger partial charge in [-0.25, -0.2) is 0 Å². The molecule has 0 fully saturated rings. The highest BCUT2D eigenvalue weighted by atomic mass is 16.3. The molecule has 0 aliphatic heterocycles. The fourth-order valence-corrected chi connectivity index (χ4v) is 1.67. The molecule has 0 aliphatic carbocycles. The summed E-state index contributed by atoms with van der Waals surface area (Å²) in [5, 5.41) is 14.4. The molecule has 0 saturated carbocycles. The first-order valence-corrected chi connectivity index (χ1v) is 6.10. The standard InChI is InChI=1S/C13H19N3O3/c1-8(2)4-11(13(19)14-3)16-12(18)9-5-10(17)7-15-6-9/h5-8,11,17H,4H2,1-3H3,(H,14,19)(H,16,18). The Morgan fingerprint density at radius 3 is 2.58 bits per heavy atom. The molecule has 0 radical (unpaired) electrons. The molecule has 6 nitrogen and oxygen atoms in total. The van der Waals surface area contributed by atoms with Crippen LogP contribution in [-0.2, 0) is 4.79 Å². The van der Waals surface area contributed by atoms with Crippen LogP contribution >= 0.6 is 0 Å². The molecule has 0 spiro atoms. The molecule has 0 aliphatic rings. The zero-order valence-corrected chi connectivity index (χ0v) is 11.3. The van der Waals surface area contributed by atoms with Gasteiger partial charge in [-0.05, 0) is 18.4 Å². The lowest BCUT2D eigenvalue weighted by Crippen LogP contribution is -2.46. The summed E-state index contributed by atoms with van der Waals surface area (Å²) >= 11 is 0. The van der Waals surface area contributed by atoms with E-state index in [4.69, 9.17) is 0 Å². The number of hydrogen-bond acceptors (Lipinski definition) is 4. The zero-order chi connectivity index (χ0) is 14.4. The third-order valence-electron chi connectivity index (χ3n) is 2.56. The van der Waals surface area contributed by atoms with Gasteiger partial charge in [-0.15, -0.1) is 0 Å². The van der Waals surface area contributed by atoms with Gasteiger partial charge in [0.05, 0.1) is 11.8 Å². The van der Waals surface area contributed by atoms with Crippen LogP contribution in [0.2, 0.25) is 0 Å². The monoisotopic (exact) mass is 265 g/mol. The van der Waals surface area contributed by atoms with Gasteiger partial charge in [0.25, 0.3) is 5.91 Å². The van der Waals surface area contributed by atoms with Crippen LogP contribution in [0.3, 0.4) is 0 Å². The van der Waals surface area contributed by atoms with E-state index in [-0.39, 0.29) is 23.1 Å². The van der Waals surface area contributed by atoms with Crippen LogP contribution in [0.1, 0.15) is 30.6 Å². The second-order valence-corrected chi connectivity index (χ2v) is 4.70. The van der Waals surface area contributed by atoms with Crippen molar-refractivity contribution in [2.24, 2.45) is 5.92 Å². The molecular formula is C13H19N3O3. The Morgan fingerprint density at radius 2 is 2.05 bits per heavy atom. The van der Waals surface area contributed by atoms with Gasteiger partial charge in [0.15, 0.2) is 0 Å². The van der Waals surface area contributed by atoms with Gasteiger partial charge >= 0.3 is 0 Å². The van der Waals surface area contributed by atoms with Gasteiger partial charge in [-0.3, -0.25) is 14.6 Å². The van der Waals surface area contributed by atoms with Gasteiger partial charge < -0.3 is 15.7 Å². The molecule has 1 atom stereocenters. The van der Waals surface area contributed by atoms with Crippen molar-refractivity contribution in [3.8, 4) is 5.75 Å². The maximum absolute atomic E-state index is 12.0. The molecule has 1 aromatic heterocycles. The van der Waals surface area contributed by atoms with E-state index in [1.54, 1.807) is 0 Å². The Balaban J connectivity index is 2.78. The van der Waals surface area contributed by atoms with Crippen molar-refractivity contribution in [1.29, 1.82) is 0 Å². The van der Waals surface area contributed by atoms with E-state index in [2.05, 4.69) is 15.6 Å². The number of nitrogens with one attached hydrogen (secondary N) is 2. The van der Waals surface area contributed by atoms with E-state index in [0.717, 1.165) is 0 Å². The Hall–Kier alpha value is -2.11. The molecule has 1 unspecified atom stereocenters. The van der Waals surface area contributed by atoms with Crippen LogP contribution in [0.15, 0.2) is 18.5 Å². The van der Waals surface area contributed by atoms with Crippen LogP contribution in [0.4, 0.5) is 0 Å². The Labute approximate surface area is 112 Å². The third-order valence-corrected chi connectivity index (χ3v) is 2.56. The fraction of sp³-hybridized carbons (Fsp3) is 0.462. The molecule has 2 amide bonds. The quantitative estimate of drug-likeness (QED) is 0.730. The smallest absolute Gasteiger partial charge is 0.253 e. The Bertz CT molecular complexity index is 460. The van der Waals surface area contributed by atoms with E-state index in [1.807, 2.05) is 13.8 Å². The lowest BCUT2D eigenvalue weighted by atomic mass is 10.0. The number of amides is 2. The lowest BCUT2D eigenvalue weighted by molar-refractivity contribution is -0.122. The molecule has 1 rings (SSSR count). The molecule has 0 saturated heterocycles. The summed E-state index contributed by atoms with van der Waals surface area (Å²) in [6.45, 7) is 3.94. The minimum atomic E-state index is -0.597. The minimum Gasteiger partial charge on any atom is -0.506 e. The summed E-state index contributed by atoms with van der Waals surface area (Å²) in [7, 11) is 1.53. The molecule has 6 heteroatoms. The van der Waals surface area contributed by atoms with E-state index in [9.17, 15) is 14.7 Å². The van der Waals surface area contributed by atoms with Crippen molar-refractivity contribution < 1.29 is 14.7 Å². The molecule has 19 heavy (non-hydrogen) atoms. The second kappa shape index (κ2) is 6.72. The first kappa shape index (κ1) is 14.9. The fourth-order valence-electron chi connectivity index (χ4n) is 1.67. The van der Waals surface area contributed by atoms with Crippen LogP contribution in [0.5, 0.6) is 5.75 Å². The van der Waals surface area contributed by atoms with Gasteiger partial charge in [0.2, 0.25) is 5.91 Å². The van der Waals surface area contributed by atoms with E-state index >= 15 is 0 Å². The summed E-state index contributed by atoms with van der Waals surface area (Å²) < 4.78 is 0. The number of rotatable bonds is 5. The van der Waals surface area contributed by atoms with Gasteiger partial charge in [0.1, 0.15) is 11.8 Å². The third kappa shape index (κ3) is 4.57. The largest absolute Gasteiger partial charge is 0.506 e. The van der Waals surface area contributed by atoms with Gasteiger partial charge in [0, 0.05) is 13.2 Å². The number of aromatic nitrogens is 1. The summed E-state index contributed by atoms with van der Waals surface area (Å²) in [5.41, 5.74) is 0.220. The lowest BCUT2D eigenvalue weighted by Gasteiger charge is -2.19. The molecule has 0 bridgehead atoms. The normalized spacial score (nSPS) is 12.0. The minimum absolute atomic E-state index is 0.0898. The number of carbonyl (C=O) groups excluding carboxylic acids is 2. The Kier molecular flexibility index (Phi) is 5.29. The van der Waals surface area contributed by atoms with Gasteiger partial charge in [-0.1, -0.05) is 13.8 Å². The predicted octanol–water partition coefficient (Wildman–Crippen LogP) is 0.678. The molecular weight excluding hydrogens is 246 g/mol. The summed E-state index contributed by atoms with van der Waals surface area (Å²) in [6, 6.07) is 0.707. The average Bonchev–Trinajstić information content (AvgIpc) is 2.36. The van der Waals surface area contributed by atoms with Crippen LogP contribution in [0, 0.1) is 5.92 Å². The van der Waals surface area contributed by atoms with Gasteiger partial charge in [-0.2, -0.15) is 0 Å². The first-order chi connectivity index (χ1) is 8.93. The highest BCUT2D eigenvalue weighted by Gasteiger charge is 2.21. The summed E-state index contributed by atoms with van der Waals surface area (Å²) in [6.07, 6.45) is 3.12. The molecule has 3 N–H and O–H groups in total. The Morgan fingerprint density at radius 1 is 1.37 bits per heavy atom. The number of nitrogens with zero attached hydrogens (tertiary/aromatic N) is 1. The van der Waals surface area contributed by atoms with Crippen molar-refractivity contribution in [3.63, 3.8) is 0 Å². The molecule has 0 aromatic carbocycles. The number of pyridine rings is 1. The van der Waals surface area contributed by atoms with Crippen molar-refractivity contribution in [1.82, 2.24) is 15.6 Å². The van der Waals surface area contributed by atoms with E-state index < -0.39 is 11.9 Å². The maximum Gasteiger partial charge on any atom is 0.253 e.